The van der Waals surface area contributed by atoms with Gasteiger partial charge in [0.15, 0.2) is 0 Å². The summed E-state index contributed by atoms with van der Waals surface area (Å²) in [5, 5.41) is 9.51. The van der Waals surface area contributed by atoms with E-state index in [1.54, 1.807) is 17.0 Å². The SMILES string of the molecule is CCC1(C(=O)O)CCCN1c1cccc(C(N)=O)n1. The van der Waals surface area contributed by atoms with Crippen LogP contribution in [0.2, 0.25) is 0 Å². The highest BCUT2D eigenvalue weighted by molar-refractivity contribution is 5.91. The molecular weight excluding hydrogens is 246 g/mol. The molecule has 1 aliphatic heterocycles. The molecule has 1 unspecified atom stereocenters. The summed E-state index contributed by atoms with van der Waals surface area (Å²) in [4.78, 5) is 28.7. The first-order chi connectivity index (χ1) is 9.01. The maximum absolute atomic E-state index is 11.6. The fourth-order valence-electron chi connectivity index (χ4n) is 2.66. The number of hydrogen-bond acceptors (Lipinski definition) is 4. The van der Waals surface area contributed by atoms with Gasteiger partial charge in [0.05, 0.1) is 0 Å². The van der Waals surface area contributed by atoms with Gasteiger partial charge in [0.1, 0.15) is 17.1 Å². The highest BCUT2D eigenvalue weighted by Gasteiger charge is 2.46. The number of amides is 1. The Morgan fingerprint density at radius 2 is 2.26 bits per heavy atom. The van der Waals surface area contributed by atoms with Crippen LogP contribution >= 0.6 is 0 Å². The zero-order chi connectivity index (χ0) is 14.0. The maximum atomic E-state index is 11.6. The van der Waals surface area contributed by atoms with E-state index in [9.17, 15) is 14.7 Å². The zero-order valence-corrected chi connectivity index (χ0v) is 10.8. The Kier molecular flexibility index (Phi) is 3.42. The molecule has 1 aromatic heterocycles. The predicted octanol–water partition coefficient (Wildman–Crippen LogP) is 1.01. The smallest absolute Gasteiger partial charge is 0.329 e. The van der Waals surface area contributed by atoms with E-state index in [0.29, 0.717) is 25.2 Å². The molecule has 0 spiro atoms. The zero-order valence-electron chi connectivity index (χ0n) is 10.8. The minimum absolute atomic E-state index is 0.153. The van der Waals surface area contributed by atoms with Gasteiger partial charge in [-0.25, -0.2) is 9.78 Å². The van der Waals surface area contributed by atoms with E-state index in [0.717, 1.165) is 6.42 Å². The lowest BCUT2D eigenvalue weighted by molar-refractivity contribution is -0.143. The van der Waals surface area contributed by atoms with Crippen LogP contribution in [-0.2, 0) is 4.79 Å². The average molecular weight is 263 g/mol. The average Bonchev–Trinajstić information content (AvgIpc) is 2.83. The van der Waals surface area contributed by atoms with Gasteiger partial charge >= 0.3 is 5.97 Å². The van der Waals surface area contributed by atoms with Crippen LogP contribution < -0.4 is 10.6 Å². The van der Waals surface area contributed by atoms with Crippen LogP contribution in [0.3, 0.4) is 0 Å². The molecule has 0 saturated carbocycles. The van der Waals surface area contributed by atoms with E-state index in [-0.39, 0.29) is 5.69 Å². The van der Waals surface area contributed by atoms with Gasteiger partial charge < -0.3 is 15.7 Å². The minimum Gasteiger partial charge on any atom is -0.479 e. The normalized spacial score (nSPS) is 22.5. The van der Waals surface area contributed by atoms with Crippen LogP contribution in [0.1, 0.15) is 36.7 Å². The summed E-state index contributed by atoms with van der Waals surface area (Å²) in [5.74, 6) is -0.963. The Labute approximate surface area is 111 Å². The van der Waals surface area contributed by atoms with Crippen LogP contribution in [0.5, 0.6) is 0 Å². The Hall–Kier alpha value is -2.11. The lowest BCUT2D eigenvalue weighted by Gasteiger charge is -2.34. The van der Waals surface area contributed by atoms with Gasteiger partial charge in [0, 0.05) is 6.54 Å². The van der Waals surface area contributed by atoms with Crippen molar-refractivity contribution < 1.29 is 14.7 Å². The van der Waals surface area contributed by atoms with E-state index >= 15 is 0 Å². The van der Waals surface area contributed by atoms with E-state index in [4.69, 9.17) is 5.73 Å². The number of aromatic nitrogens is 1. The van der Waals surface area contributed by atoms with Crippen molar-refractivity contribution in [2.24, 2.45) is 5.73 Å². The second-order valence-corrected chi connectivity index (χ2v) is 4.69. The van der Waals surface area contributed by atoms with Gasteiger partial charge in [-0.3, -0.25) is 4.79 Å². The summed E-state index contributed by atoms with van der Waals surface area (Å²) in [7, 11) is 0. The summed E-state index contributed by atoms with van der Waals surface area (Å²) in [6.45, 7) is 2.47. The van der Waals surface area contributed by atoms with Crippen molar-refractivity contribution in [2.75, 3.05) is 11.4 Å². The number of nitrogens with two attached hydrogens (primary N) is 1. The largest absolute Gasteiger partial charge is 0.479 e. The molecule has 2 heterocycles. The summed E-state index contributed by atoms with van der Waals surface area (Å²) in [6.07, 6.45) is 1.87. The second kappa shape index (κ2) is 4.87. The first kappa shape index (κ1) is 13.3. The third-order valence-corrected chi connectivity index (χ3v) is 3.74. The first-order valence-corrected chi connectivity index (χ1v) is 6.29. The quantitative estimate of drug-likeness (QED) is 0.845. The molecule has 1 aliphatic rings. The van der Waals surface area contributed by atoms with Crippen molar-refractivity contribution in [3.8, 4) is 0 Å². The highest BCUT2D eigenvalue weighted by atomic mass is 16.4. The van der Waals surface area contributed by atoms with Crippen molar-refractivity contribution in [3.05, 3.63) is 23.9 Å². The Morgan fingerprint density at radius 1 is 1.53 bits per heavy atom. The van der Waals surface area contributed by atoms with Gasteiger partial charge in [-0.05, 0) is 31.4 Å². The van der Waals surface area contributed by atoms with Crippen molar-refractivity contribution in [1.29, 1.82) is 0 Å². The Morgan fingerprint density at radius 3 is 2.84 bits per heavy atom. The highest BCUT2D eigenvalue weighted by Crippen LogP contribution is 2.36. The van der Waals surface area contributed by atoms with Crippen molar-refractivity contribution in [2.45, 2.75) is 31.7 Å². The van der Waals surface area contributed by atoms with Crippen LogP contribution in [0.25, 0.3) is 0 Å². The molecule has 6 nitrogen and oxygen atoms in total. The van der Waals surface area contributed by atoms with Gasteiger partial charge in [-0.15, -0.1) is 0 Å². The molecule has 0 aromatic carbocycles. The molecule has 19 heavy (non-hydrogen) atoms. The molecule has 3 N–H and O–H groups in total. The maximum Gasteiger partial charge on any atom is 0.329 e. The number of anilines is 1. The molecule has 102 valence electrons. The molecule has 0 aliphatic carbocycles. The summed E-state index contributed by atoms with van der Waals surface area (Å²) in [5.41, 5.74) is 4.43. The van der Waals surface area contributed by atoms with Crippen LogP contribution in [-0.4, -0.2) is 34.1 Å². The van der Waals surface area contributed by atoms with Gasteiger partial charge in [0.2, 0.25) is 0 Å². The third kappa shape index (κ3) is 2.14. The molecule has 1 saturated heterocycles. The van der Waals surface area contributed by atoms with Gasteiger partial charge in [0.25, 0.3) is 5.91 Å². The predicted molar refractivity (Wildman–Crippen MR) is 70.0 cm³/mol. The van der Waals surface area contributed by atoms with Crippen LogP contribution in [0, 0.1) is 0 Å². The number of carboxylic acids is 1. The number of pyridine rings is 1. The monoisotopic (exact) mass is 263 g/mol. The Balaban J connectivity index is 2.42. The number of rotatable bonds is 4. The lowest BCUT2D eigenvalue weighted by Crippen LogP contribution is -2.50. The lowest BCUT2D eigenvalue weighted by atomic mass is 9.93. The third-order valence-electron chi connectivity index (χ3n) is 3.74. The number of hydrogen-bond donors (Lipinski definition) is 2. The molecule has 2 rings (SSSR count). The molecule has 1 amide bonds. The van der Waals surface area contributed by atoms with Crippen molar-refractivity contribution in [3.63, 3.8) is 0 Å². The number of nitrogens with zero attached hydrogens (tertiary/aromatic N) is 2. The van der Waals surface area contributed by atoms with Gasteiger partial charge in [-0.2, -0.15) is 0 Å². The first-order valence-electron chi connectivity index (χ1n) is 6.29. The number of aliphatic carboxylic acids is 1. The summed E-state index contributed by atoms with van der Waals surface area (Å²) < 4.78 is 0. The van der Waals surface area contributed by atoms with Gasteiger partial charge in [-0.1, -0.05) is 13.0 Å². The molecule has 6 heteroatoms. The van der Waals surface area contributed by atoms with E-state index in [1.807, 2.05) is 6.92 Å². The Bertz CT molecular complexity index is 518. The molecular formula is C13H17N3O3. The number of carboxylic acid groups (broad SMARTS) is 1. The summed E-state index contributed by atoms with van der Waals surface area (Å²) >= 11 is 0. The second-order valence-electron chi connectivity index (χ2n) is 4.69. The number of carbonyl (C=O) groups excluding carboxylic acids is 1. The molecule has 1 atom stereocenters. The minimum atomic E-state index is -0.927. The number of carbonyl (C=O) groups is 2. The number of primary amides is 1. The van der Waals surface area contributed by atoms with E-state index in [2.05, 4.69) is 4.98 Å². The molecule has 1 fully saturated rings. The molecule has 0 bridgehead atoms. The van der Waals surface area contributed by atoms with Crippen LogP contribution in [0.4, 0.5) is 5.82 Å². The van der Waals surface area contributed by atoms with Crippen molar-refractivity contribution in [1.82, 2.24) is 4.98 Å². The topological polar surface area (TPSA) is 96.5 Å². The fourth-order valence-corrected chi connectivity index (χ4v) is 2.66. The van der Waals surface area contributed by atoms with Crippen LogP contribution in [0.15, 0.2) is 18.2 Å². The van der Waals surface area contributed by atoms with Crippen molar-refractivity contribution >= 4 is 17.7 Å². The summed E-state index contributed by atoms with van der Waals surface area (Å²) in [6, 6.07) is 4.91. The standard InChI is InChI=1S/C13H17N3O3/c1-2-13(12(18)19)7-4-8-16(13)10-6-3-5-9(15-10)11(14)17/h3,5-6H,2,4,7-8H2,1H3,(H2,14,17)(H,18,19). The molecule has 1 aromatic rings. The fraction of sp³-hybridized carbons (Fsp3) is 0.462. The molecule has 0 radical (unpaired) electrons. The van der Waals surface area contributed by atoms with E-state index < -0.39 is 17.4 Å². The van der Waals surface area contributed by atoms with E-state index in [1.165, 1.54) is 6.07 Å².